The third kappa shape index (κ3) is 2.73. The molecule has 86 valence electrons. The molecule has 0 bridgehead atoms. The highest BCUT2D eigenvalue weighted by atomic mass is 16.1. The molecule has 0 radical (unpaired) electrons. The Balaban J connectivity index is 1.79. The minimum absolute atomic E-state index is 0.244. The number of carbonyl (C=O) groups is 1. The Hall–Kier alpha value is -0.530. The molecule has 0 aromatic rings. The number of amides is 1. The fourth-order valence-electron chi connectivity index (χ4n) is 2.70. The van der Waals surface area contributed by atoms with Crippen LogP contribution in [-0.2, 0) is 4.79 Å². The molecular weight excluding hydrogens is 186 g/mol. The monoisotopic (exact) mass is 209 g/mol. The summed E-state index contributed by atoms with van der Waals surface area (Å²) in [6.45, 7) is 6.67. The fraction of sp³-hybridized carbons (Fsp3) is 0.923. The highest BCUT2D eigenvalue weighted by Gasteiger charge is 2.36. The fourth-order valence-corrected chi connectivity index (χ4v) is 2.70. The zero-order valence-corrected chi connectivity index (χ0v) is 10.2. The summed E-state index contributed by atoms with van der Waals surface area (Å²) in [5.41, 5.74) is 0.431. The number of carbonyl (C=O) groups excluding carboxylic acids is 1. The molecule has 2 saturated carbocycles. The van der Waals surface area contributed by atoms with Crippen molar-refractivity contribution in [3.05, 3.63) is 0 Å². The Labute approximate surface area is 92.8 Å². The molecule has 15 heavy (non-hydrogen) atoms. The highest BCUT2D eigenvalue weighted by molar-refractivity contribution is 5.79. The highest BCUT2D eigenvalue weighted by Crippen LogP contribution is 2.39. The quantitative estimate of drug-likeness (QED) is 0.761. The first kappa shape index (κ1) is 11.0. The SMILES string of the molecule is CC(C(=O)NC1CCC(C)(C)C1)C1CC1. The van der Waals surface area contributed by atoms with E-state index >= 15 is 0 Å². The lowest BCUT2D eigenvalue weighted by molar-refractivity contribution is -0.125. The van der Waals surface area contributed by atoms with Crippen LogP contribution < -0.4 is 5.32 Å². The average molecular weight is 209 g/mol. The molecule has 2 heteroatoms. The molecule has 2 nitrogen and oxygen atoms in total. The number of hydrogen-bond acceptors (Lipinski definition) is 1. The summed E-state index contributed by atoms with van der Waals surface area (Å²) < 4.78 is 0. The van der Waals surface area contributed by atoms with Crippen LogP contribution in [-0.4, -0.2) is 11.9 Å². The Morgan fingerprint density at radius 2 is 2.00 bits per heavy atom. The molecule has 0 aliphatic heterocycles. The van der Waals surface area contributed by atoms with E-state index in [0.717, 1.165) is 12.8 Å². The van der Waals surface area contributed by atoms with E-state index in [1.807, 2.05) is 0 Å². The largest absolute Gasteiger partial charge is 0.353 e. The van der Waals surface area contributed by atoms with E-state index in [1.54, 1.807) is 0 Å². The number of rotatable bonds is 3. The molecule has 2 unspecified atom stereocenters. The number of nitrogens with one attached hydrogen (secondary N) is 1. The Kier molecular flexibility index (Phi) is 2.78. The number of hydrogen-bond donors (Lipinski definition) is 1. The van der Waals surface area contributed by atoms with E-state index in [-0.39, 0.29) is 5.92 Å². The van der Waals surface area contributed by atoms with Crippen molar-refractivity contribution in [3.63, 3.8) is 0 Å². The second-order valence-electron chi connectivity index (χ2n) is 6.24. The van der Waals surface area contributed by atoms with Crippen molar-refractivity contribution < 1.29 is 4.79 Å². The second-order valence-corrected chi connectivity index (χ2v) is 6.24. The molecule has 0 heterocycles. The van der Waals surface area contributed by atoms with Gasteiger partial charge in [-0.25, -0.2) is 0 Å². The van der Waals surface area contributed by atoms with Crippen molar-refractivity contribution in [1.29, 1.82) is 0 Å². The van der Waals surface area contributed by atoms with E-state index < -0.39 is 0 Å². The van der Waals surface area contributed by atoms with Crippen LogP contribution in [0.5, 0.6) is 0 Å². The summed E-state index contributed by atoms with van der Waals surface area (Å²) >= 11 is 0. The van der Waals surface area contributed by atoms with Gasteiger partial charge in [-0.05, 0) is 43.4 Å². The molecule has 2 fully saturated rings. The van der Waals surface area contributed by atoms with Gasteiger partial charge < -0.3 is 5.32 Å². The first-order chi connectivity index (χ1) is 6.98. The molecule has 0 saturated heterocycles. The van der Waals surface area contributed by atoms with Gasteiger partial charge in [-0.15, -0.1) is 0 Å². The van der Waals surface area contributed by atoms with Crippen LogP contribution in [0.2, 0.25) is 0 Å². The molecule has 1 N–H and O–H groups in total. The predicted octanol–water partition coefficient (Wildman–Crippen LogP) is 2.73. The van der Waals surface area contributed by atoms with E-state index in [4.69, 9.17) is 0 Å². The first-order valence-electron chi connectivity index (χ1n) is 6.28. The molecule has 2 aliphatic carbocycles. The Morgan fingerprint density at radius 1 is 1.33 bits per heavy atom. The second kappa shape index (κ2) is 3.80. The van der Waals surface area contributed by atoms with Gasteiger partial charge in [0.25, 0.3) is 0 Å². The zero-order chi connectivity index (χ0) is 11.1. The zero-order valence-electron chi connectivity index (χ0n) is 10.2. The minimum atomic E-state index is 0.244. The normalized spacial score (nSPS) is 31.3. The van der Waals surface area contributed by atoms with Crippen LogP contribution in [0.4, 0.5) is 0 Å². The topological polar surface area (TPSA) is 29.1 Å². The van der Waals surface area contributed by atoms with Crippen molar-refractivity contribution >= 4 is 5.91 Å². The summed E-state index contributed by atoms with van der Waals surface area (Å²) in [6, 6.07) is 0.439. The molecule has 0 aromatic heterocycles. The molecular formula is C13H23NO. The Morgan fingerprint density at radius 3 is 2.47 bits per heavy atom. The van der Waals surface area contributed by atoms with Crippen LogP contribution in [0.1, 0.15) is 52.9 Å². The molecule has 0 spiro atoms. The maximum Gasteiger partial charge on any atom is 0.223 e. The van der Waals surface area contributed by atoms with Gasteiger partial charge in [-0.2, -0.15) is 0 Å². The smallest absolute Gasteiger partial charge is 0.223 e. The van der Waals surface area contributed by atoms with Crippen molar-refractivity contribution in [2.75, 3.05) is 0 Å². The lowest BCUT2D eigenvalue weighted by atomic mass is 9.92. The maximum absolute atomic E-state index is 11.9. The van der Waals surface area contributed by atoms with E-state index in [2.05, 4.69) is 26.1 Å². The third-order valence-corrected chi connectivity index (χ3v) is 4.06. The average Bonchev–Trinajstić information content (AvgIpc) is 2.91. The van der Waals surface area contributed by atoms with E-state index in [1.165, 1.54) is 19.3 Å². The van der Waals surface area contributed by atoms with Gasteiger partial charge >= 0.3 is 0 Å². The molecule has 2 atom stereocenters. The van der Waals surface area contributed by atoms with Gasteiger partial charge in [0.15, 0.2) is 0 Å². The minimum Gasteiger partial charge on any atom is -0.353 e. The van der Waals surface area contributed by atoms with Gasteiger partial charge in [-0.1, -0.05) is 20.8 Å². The summed E-state index contributed by atoms with van der Waals surface area (Å²) in [5, 5.41) is 3.22. The van der Waals surface area contributed by atoms with Crippen LogP contribution in [0, 0.1) is 17.3 Å². The molecule has 1 amide bonds. The summed E-state index contributed by atoms with van der Waals surface area (Å²) in [7, 11) is 0. The van der Waals surface area contributed by atoms with Gasteiger partial charge in [0.05, 0.1) is 0 Å². The Bertz CT molecular complexity index is 255. The first-order valence-corrected chi connectivity index (χ1v) is 6.28. The molecule has 2 aliphatic rings. The lowest BCUT2D eigenvalue weighted by Gasteiger charge is -2.19. The van der Waals surface area contributed by atoms with E-state index in [0.29, 0.717) is 23.3 Å². The maximum atomic E-state index is 11.9. The summed E-state index contributed by atoms with van der Waals surface area (Å²) in [5.74, 6) is 1.22. The van der Waals surface area contributed by atoms with Crippen molar-refractivity contribution in [2.45, 2.75) is 58.9 Å². The van der Waals surface area contributed by atoms with E-state index in [9.17, 15) is 4.79 Å². The summed E-state index contributed by atoms with van der Waals surface area (Å²) in [4.78, 5) is 11.9. The van der Waals surface area contributed by atoms with Gasteiger partial charge in [0.2, 0.25) is 5.91 Å². The van der Waals surface area contributed by atoms with Crippen molar-refractivity contribution in [2.24, 2.45) is 17.3 Å². The predicted molar refractivity (Wildman–Crippen MR) is 61.5 cm³/mol. The van der Waals surface area contributed by atoms with Crippen molar-refractivity contribution in [3.8, 4) is 0 Å². The van der Waals surface area contributed by atoms with Crippen molar-refractivity contribution in [1.82, 2.24) is 5.32 Å². The third-order valence-electron chi connectivity index (χ3n) is 4.06. The van der Waals surface area contributed by atoms with Gasteiger partial charge in [0.1, 0.15) is 0 Å². The van der Waals surface area contributed by atoms with Crippen LogP contribution >= 0.6 is 0 Å². The summed E-state index contributed by atoms with van der Waals surface area (Å²) in [6.07, 6.45) is 6.07. The molecule has 2 rings (SSSR count). The van der Waals surface area contributed by atoms with Crippen LogP contribution in [0.25, 0.3) is 0 Å². The van der Waals surface area contributed by atoms with Crippen LogP contribution in [0.3, 0.4) is 0 Å². The lowest BCUT2D eigenvalue weighted by Crippen LogP contribution is -2.37. The van der Waals surface area contributed by atoms with Gasteiger partial charge in [-0.3, -0.25) is 4.79 Å². The van der Waals surface area contributed by atoms with Crippen LogP contribution in [0.15, 0.2) is 0 Å². The standard InChI is InChI=1S/C13H23NO/c1-9(10-4-5-10)12(15)14-11-6-7-13(2,3)8-11/h9-11H,4-8H2,1-3H3,(H,14,15). The molecule has 0 aromatic carbocycles. The van der Waals surface area contributed by atoms with Gasteiger partial charge in [0, 0.05) is 12.0 Å².